The first-order valence-electron chi connectivity index (χ1n) is 10.7. The Kier molecular flexibility index (Phi) is 6.87. The van der Waals surface area contributed by atoms with Gasteiger partial charge in [0.1, 0.15) is 0 Å². The largest absolute Gasteiger partial charge is 0.378 e. The third kappa shape index (κ3) is 5.06. The number of nitrogens with two attached hydrogens (primary N) is 1. The number of nitro benzene ring substituents is 1. The second-order valence-corrected chi connectivity index (χ2v) is 8.03. The molecule has 3 N–H and O–H groups in total. The maximum Gasteiger partial charge on any atom is 0.293 e. The van der Waals surface area contributed by atoms with Crippen LogP contribution in [0.1, 0.15) is 53.8 Å². The Bertz CT molecular complexity index is 1200. The summed E-state index contributed by atoms with van der Waals surface area (Å²) in [4.78, 5) is 25.5. The van der Waals surface area contributed by atoms with Crippen molar-refractivity contribution < 1.29 is 14.3 Å². The number of aromatic nitrogens is 5. The zero-order valence-corrected chi connectivity index (χ0v) is 18.5. The van der Waals surface area contributed by atoms with E-state index in [1.165, 1.54) is 35.5 Å². The van der Waals surface area contributed by atoms with Crippen molar-refractivity contribution >= 4 is 23.6 Å². The van der Waals surface area contributed by atoms with Crippen molar-refractivity contribution in [1.82, 2.24) is 35.6 Å². The van der Waals surface area contributed by atoms with Crippen molar-refractivity contribution in [1.29, 1.82) is 0 Å². The first kappa shape index (κ1) is 23.0. The van der Waals surface area contributed by atoms with Gasteiger partial charge in [-0.25, -0.2) is 10.1 Å². The monoisotopic (exact) mass is 468 g/mol. The van der Waals surface area contributed by atoms with Crippen molar-refractivity contribution in [2.24, 2.45) is 5.10 Å². The normalized spacial score (nSPS) is 14.6. The number of hydrogen-bond acceptors (Lipinski definition) is 11. The first-order valence-corrected chi connectivity index (χ1v) is 10.7. The topological polar surface area (TPSA) is 183 Å². The number of nitrogen functional groups attached to an aromatic ring is 1. The highest BCUT2D eigenvalue weighted by Crippen LogP contribution is 2.24. The summed E-state index contributed by atoms with van der Waals surface area (Å²) in [6.07, 6.45) is 6.99. The Balaban J connectivity index is 1.56. The minimum Gasteiger partial charge on any atom is -0.378 e. The number of hydrogen-bond donors (Lipinski definition) is 2. The lowest BCUT2D eigenvalue weighted by Crippen LogP contribution is -2.34. The summed E-state index contributed by atoms with van der Waals surface area (Å²) < 4.78 is 6.02. The third-order valence-electron chi connectivity index (χ3n) is 5.73. The Hall–Kier alpha value is -4.20. The van der Waals surface area contributed by atoms with E-state index in [9.17, 15) is 14.9 Å². The van der Waals surface area contributed by atoms with Crippen LogP contribution in [0.15, 0.2) is 34.0 Å². The van der Waals surface area contributed by atoms with Crippen molar-refractivity contribution in [3.05, 3.63) is 51.3 Å². The number of carbonyl (C=O) groups is 1. The van der Waals surface area contributed by atoms with Gasteiger partial charge >= 0.3 is 0 Å². The molecule has 1 amide bonds. The van der Waals surface area contributed by atoms with Crippen LogP contribution in [-0.4, -0.2) is 60.3 Å². The van der Waals surface area contributed by atoms with E-state index in [1.807, 2.05) is 7.05 Å². The number of benzene rings is 1. The number of nitrogens with one attached hydrogen (secondary N) is 1. The average Bonchev–Trinajstić information content (AvgIpc) is 3.45. The minimum absolute atomic E-state index is 0.0159. The number of carbonyl (C=O) groups excluding carboxylic acids is 1. The lowest BCUT2D eigenvalue weighted by Gasteiger charge is -2.31. The molecule has 2 heterocycles. The number of rotatable bonds is 8. The van der Waals surface area contributed by atoms with E-state index in [2.05, 4.69) is 40.7 Å². The Morgan fingerprint density at radius 1 is 1.38 bits per heavy atom. The standard InChI is InChI=1S/C20H24N10O4/c1-28(14-7-3-2-4-8-14)12-16-17(23-27-29(16)19-18(21)25-34-26-19)20(31)24-22-11-13-6-5-9-15(10-13)30(32)33/h5-6,9-11,14H,2-4,7-8,12H2,1H3,(H2,21,25)(H,24,31). The van der Waals surface area contributed by atoms with Gasteiger partial charge in [0, 0.05) is 30.3 Å². The van der Waals surface area contributed by atoms with Crippen LogP contribution in [0.5, 0.6) is 0 Å². The summed E-state index contributed by atoms with van der Waals surface area (Å²) in [6.45, 7) is 0.362. The van der Waals surface area contributed by atoms with Gasteiger partial charge in [-0.3, -0.25) is 19.8 Å². The van der Waals surface area contributed by atoms with Crippen LogP contribution in [-0.2, 0) is 6.54 Å². The molecular formula is C20H24N10O4. The van der Waals surface area contributed by atoms with Crippen LogP contribution in [0.4, 0.5) is 11.5 Å². The highest BCUT2D eigenvalue weighted by molar-refractivity contribution is 5.94. The van der Waals surface area contributed by atoms with E-state index in [1.54, 1.807) is 6.07 Å². The van der Waals surface area contributed by atoms with Gasteiger partial charge in [-0.1, -0.05) is 36.6 Å². The fourth-order valence-electron chi connectivity index (χ4n) is 3.95. The summed E-state index contributed by atoms with van der Waals surface area (Å²) in [5.41, 5.74) is 9.11. The SMILES string of the molecule is CN(Cc1c(C(=O)NN=Cc2cccc([N+](=O)[O-])c2)nnn1-c1nonc1N)C1CCCCC1. The van der Waals surface area contributed by atoms with Crippen LogP contribution in [0.25, 0.3) is 5.82 Å². The highest BCUT2D eigenvalue weighted by Gasteiger charge is 2.27. The summed E-state index contributed by atoms with van der Waals surface area (Å²) >= 11 is 0. The predicted molar refractivity (Wildman–Crippen MR) is 120 cm³/mol. The molecule has 0 spiro atoms. The number of amides is 1. The van der Waals surface area contributed by atoms with Crippen molar-refractivity contribution in [2.75, 3.05) is 12.8 Å². The molecule has 0 saturated heterocycles. The third-order valence-corrected chi connectivity index (χ3v) is 5.73. The number of nitro groups is 1. The Morgan fingerprint density at radius 3 is 2.88 bits per heavy atom. The van der Waals surface area contributed by atoms with E-state index in [0.29, 0.717) is 23.8 Å². The summed E-state index contributed by atoms with van der Waals surface area (Å²) in [5, 5.41) is 30.3. The molecule has 34 heavy (non-hydrogen) atoms. The average molecular weight is 468 g/mol. The molecule has 2 aromatic heterocycles. The number of anilines is 1. The van der Waals surface area contributed by atoms with Gasteiger partial charge in [0.15, 0.2) is 5.69 Å². The lowest BCUT2D eigenvalue weighted by molar-refractivity contribution is -0.384. The second-order valence-electron chi connectivity index (χ2n) is 8.03. The predicted octanol–water partition coefficient (Wildman–Crippen LogP) is 1.67. The van der Waals surface area contributed by atoms with Crippen LogP contribution >= 0.6 is 0 Å². The Labute approximate surface area is 193 Å². The molecule has 0 bridgehead atoms. The van der Waals surface area contributed by atoms with E-state index in [-0.39, 0.29) is 23.0 Å². The number of nitrogens with zero attached hydrogens (tertiary/aromatic N) is 8. The summed E-state index contributed by atoms with van der Waals surface area (Å²) in [6, 6.07) is 6.24. The van der Waals surface area contributed by atoms with E-state index in [0.717, 1.165) is 25.7 Å². The molecule has 0 atom stereocenters. The first-order chi connectivity index (χ1) is 16.4. The van der Waals surface area contributed by atoms with Crippen molar-refractivity contribution in [2.45, 2.75) is 44.7 Å². The molecule has 0 aliphatic heterocycles. The van der Waals surface area contributed by atoms with Crippen LogP contribution in [0, 0.1) is 10.1 Å². The lowest BCUT2D eigenvalue weighted by atomic mass is 9.94. The molecule has 178 valence electrons. The fourth-order valence-corrected chi connectivity index (χ4v) is 3.95. The molecule has 1 saturated carbocycles. The van der Waals surface area contributed by atoms with Crippen molar-refractivity contribution in [3.63, 3.8) is 0 Å². The molecule has 3 aromatic rings. The smallest absolute Gasteiger partial charge is 0.293 e. The van der Waals surface area contributed by atoms with Crippen LogP contribution in [0.3, 0.4) is 0 Å². The van der Waals surface area contributed by atoms with Gasteiger partial charge in [0.25, 0.3) is 11.6 Å². The molecule has 1 fully saturated rings. The molecular weight excluding hydrogens is 444 g/mol. The zero-order chi connectivity index (χ0) is 24.1. The van der Waals surface area contributed by atoms with Gasteiger partial charge in [-0.05, 0) is 30.2 Å². The number of non-ortho nitro benzene ring substituents is 1. The maximum atomic E-state index is 12.9. The maximum absolute atomic E-state index is 12.9. The summed E-state index contributed by atoms with van der Waals surface area (Å²) in [7, 11) is 1.99. The van der Waals surface area contributed by atoms with E-state index >= 15 is 0 Å². The van der Waals surface area contributed by atoms with Crippen molar-refractivity contribution in [3.8, 4) is 5.82 Å². The Morgan fingerprint density at radius 2 is 2.18 bits per heavy atom. The zero-order valence-electron chi connectivity index (χ0n) is 18.5. The van der Waals surface area contributed by atoms with Gasteiger partial charge in [-0.2, -0.15) is 9.78 Å². The van der Waals surface area contributed by atoms with E-state index < -0.39 is 10.8 Å². The molecule has 1 aliphatic carbocycles. The quantitative estimate of drug-likeness (QED) is 0.280. The van der Waals surface area contributed by atoms with Gasteiger partial charge in [0.2, 0.25) is 11.6 Å². The van der Waals surface area contributed by atoms with E-state index in [4.69, 9.17) is 5.73 Å². The molecule has 0 unspecified atom stereocenters. The number of hydrazone groups is 1. The molecule has 1 aromatic carbocycles. The fraction of sp³-hybridized carbons (Fsp3) is 0.400. The molecule has 4 rings (SSSR count). The highest BCUT2D eigenvalue weighted by atomic mass is 16.6. The molecule has 1 aliphatic rings. The summed E-state index contributed by atoms with van der Waals surface area (Å²) in [5.74, 6) is -0.448. The van der Waals surface area contributed by atoms with Crippen LogP contribution < -0.4 is 11.2 Å². The second kappa shape index (κ2) is 10.2. The van der Waals surface area contributed by atoms with Crippen LogP contribution in [0.2, 0.25) is 0 Å². The molecule has 14 nitrogen and oxygen atoms in total. The minimum atomic E-state index is -0.602. The van der Waals surface area contributed by atoms with Gasteiger partial charge in [0.05, 0.1) is 16.8 Å². The molecule has 0 radical (unpaired) electrons. The van der Waals surface area contributed by atoms with Gasteiger partial charge < -0.3 is 5.73 Å². The molecule has 14 heteroatoms. The van der Waals surface area contributed by atoms with Gasteiger partial charge in [-0.15, -0.1) is 5.10 Å².